The molecule has 0 spiro atoms. The van der Waals surface area contributed by atoms with E-state index in [4.69, 9.17) is 5.26 Å². The predicted octanol–water partition coefficient (Wildman–Crippen LogP) is 3.11. The van der Waals surface area contributed by atoms with Gasteiger partial charge < -0.3 is 5.32 Å². The summed E-state index contributed by atoms with van der Waals surface area (Å²) in [5, 5.41) is 13.7. The first kappa shape index (κ1) is 13.0. The first-order valence-corrected chi connectivity index (χ1v) is 6.29. The largest absolute Gasteiger partial charge is 0.324 e. The number of nitrogens with zero attached hydrogens (tertiary/aromatic N) is 2. The van der Waals surface area contributed by atoms with Gasteiger partial charge in [0.25, 0.3) is 0 Å². The molecule has 1 amide bonds. The third kappa shape index (κ3) is 2.89. The molecule has 1 heterocycles. The third-order valence-electron chi connectivity index (χ3n) is 2.99. The Morgan fingerprint density at radius 2 is 2.32 bits per heavy atom. The minimum atomic E-state index is -0.600. The number of amides is 1. The lowest BCUT2D eigenvalue weighted by molar-refractivity contribution is -0.118. The van der Waals surface area contributed by atoms with Crippen molar-refractivity contribution in [1.29, 1.82) is 5.26 Å². The molecule has 1 aromatic heterocycles. The molecule has 4 heteroatoms. The molecule has 19 heavy (non-hydrogen) atoms. The highest BCUT2D eigenvalue weighted by Crippen LogP contribution is 2.22. The number of hydrogen-bond donors (Lipinski definition) is 1. The quantitative estimate of drug-likeness (QED) is 0.910. The molecule has 96 valence electrons. The topological polar surface area (TPSA) is 65.8 Å². The number of benzene rings is 1. The number of anilines is 1. The molecule has 1 atom stereocenters. The lowest BCUT2D eigenvalue weighted by Gasteiger charge is -2.11. The summed E-state index contributed by atoms with van der Waals surface area (Å²) in [5.41, 5.74) is 0.701. The zero-order chi connectivity index (χ0) is 13.7. The van der Waals surface area contributed by atoms with Crippen molar-refractivity contribution >= 4 is 22.4 Å². The minimum absolute atomic E-state index is 0.249. The number of carbonyl (C=O) groups excluding carboxylic acids is 1. The van der Waals surface area contributed by atoms with E-state index < -0.39 is 5.92 Å². The van der Waals surface area contributed by atoms with Gasteiger partial charge in [-0.05, 0) is 23.9 Å². The van der Waals surface area contributed by atoms with Gasteiger partial charge in [0.1, 0.15) is 5.92 Å². The maximum atomic E-state index is 12.0. The first-order valence-electron chi connectivity index (χ1n) is 6.29. The van der Waals surface area contributed by atoms with Gasteiger partial charge in [0, 0.05) is 17.8 Å². The fraction of sp³-hybridized carbons (Fsp3) is 0.267. The number of fused-ring (bicyclic) bond motifs is 1. The molecule has 0 aliphatic carbocycles. The minimum Gasteiger partial charge on any atom is -0.324 e. The molecular weight excluding hydrogens is 238 g/mol. The summed E-state index contributed by atoms with van der Waals surface area (Å²) in [6.45, 7) is 1.96. The number of nitriles is 1. The van der Waals surface area contributed by atoms with Crippen LogP contribution in [0.4, 0.5) is 5.69 Å². The molecule has 1 N–H and O–H groups in total. The van der Waals surface area contributed by atoms with Crippen molar-refractivity contribution in [2.24, 2.45) is 5.92 Å². The number of rotatable bonds is 4. The van der Waals surface area contributed by atoms with Crippen molar-refractivity contribution in [2.75, 3.05) is 5.32 Å². The fourth-order valence-electron chi connectivity index (χ4n) is 1.99. The van der Waals surface area contributed by atoms with Gasteiger partial charge in [-0.15, -0.1) is 0 Å². The van der Waals surface area contributed by atoms with E-state index in [2.05, 4.69) is 10.3 Å². The Kier molecular flexibility index (Phi) is 4.09. The summed E-state index contributed by atoms with van der Waals surface area (Å²) in [7, 11) is 0. The van der Waals surface area contributed by atoms with Gasteiger partial charge in [0.2, 0.25) is 5.91 Å². The second-order valence-electron chi connectivity index (χ2n) is 4.36. The normalized spacial score (nSPS) is 11.8. The van der Waals surface area contributed by atoms with Crippen LogP contribution < -0.4 is 5.32 Å². The van der Waals surface area contributed by atoms with Crippen LogP contribution >= 0.6 is 0 Å². The van der Waals surface area contributed by atoms with Crippen LogP contribution in [0.1, 0.15) is 19.8 Å². The fourth-order valence-corrected chi connectivity index (χ4v) is 1.99. The van der Waals surface area contributed by atoms with Crippen molar-refractivity contribution in [1.82, 2.24) is 4.98 Å². The van der Waals surface area contributed by atoms with Crippen LogP contribution in [0.5, 0.6) is 0 Å². The van der Waals surface area contributed by atoms with Crippen LogP contribution in [-0.4, -0.2) is 10.9 Å². The van der Waals surface area contributed by atoms with Crippen molar-refractivity contribution in [2.45, 2.75) is 19.8 Å². The van der Waals surface area contributed by atoms with Crippen molar-refractivity contribution < 1.29 is 4.79 Å². The molecule has 4 nitrogen and oxygen atoms in total. The maximum absolute atomic E-state index is 12.0. The predicted molar refractivity (Wildman–Crippen MR) is 74.4 cm³/mol. The summed E-state index contributed by atoms with van der Waals surface area (Å²) in [5.74, 6) is -0.849. The van der Waals surface area contributed by atoms with Gasteiger partial charge in [-0.1, -0.05) is 25.5 Å². The lowest BCUT2D eigenvalue weighted by atomic mass is 10.0. The number of aromatic nitrogens is 1. The smallest absolute Gasteiger partial charge is 0.241 e. The monoisotopic (exact) mass is 253 g/mol. The standard InChI is InChI=1S/C15H15N3O/c1-2-4-12(9-16)15(19)18-14-6-3-5-11-7-8-17-10-13(11)14/h3,5-8,10,12H,2,4H2,1H3,(H,18,19). The Hall–Kier alpha value is -2.41. The van der Waals surface area contributed by atoms with Gasteiger partial charge in [0.15, 0.2) is 0 Å². The molecule has 1 unspecified atom stereocenters. The Morgan fingerprint density at radius 3 is 3.05 bits per heavy atom. The van der Waals surface area contributed by atoms with Crippen LogP contribution in [0.25, 0.3) is 10.8 Å². The Morgan fingerprint density at radius 1 is 1.47 bits per heavy atom. The van der Waals surface area contributed by atoms with Crippen LogP contribution in [0.2, 0.25) is 0 Å². The molecule has 0 aliphatic heterocycles. The van der Waals surface area contributed by atoms with Crippen molar-refractivity contribution in [3.05, 3.63) is 36.7 Å². The molecular formula is C15H15N3O. The molecule has 0 fully saturated rings. The zero-order valence-electron chi connectivity index (χ0n) is 10.8. The maximum Gasteiger partial charge on any atom is 0.241 e. The van der Waals surface area contributed by atoms with E-state index in [0.717, 1.165) is 17.2 Å². The van der Waals surface area contributed by atoms with E-state index in [9.17, 15) is 4.79 Å². The average molecular weight is 253 g/mol. The third-order valence-corrected chi connectivity index (χ3v) is 2.99. The highest BCUT2D eigenvalue weighted by atomic mass is 16.1. The van der Waals surface area contributed by atoms with E-state index in [1.165, 1.54) is 0 Å². The molecule has 1 aromatic carbocycles. The molecule has 2 aromatic rings. The number of carbonyl (C=O) groups is 1. The van der Waals surface area contributed by atoms with E-state index in [1.54, 1.807) is 12.4 Å². The average Bonchev–Trinajstić information content (AvgIpc) is 2.45. The van der Waals surface area contributed by atoms with Gasteiger partial charge >= 0.3 is 0 Å². The van der Waals surface area contributed by atoms with Crippen LogP contribution in [0.3, 0.4) is 0 Å². The molecule has 0 radical (unpaired) electrons. The SMILES string of the molecule is CCCC(C#N)C(=O)Nc1cccc2ccncc12. The van der Waals surface area contributed by atoms with Crippen molar-refractivity contribution in [3.63, 3.8) is 0 Å². The summed E-state index contributed by atoms with van der Waals surface area (Å²) >= 11 is 0. The summed E-state index contributed by atoms with van der Waals surface area (Å²) in [6.07, 6.45) is 4.81. The highest BCUT2D eigenvalue weighted by molar-refractivity contribution is 6.03. The number of hydrogen-bond acceptors (Lipinski definition) is 3. The Labute approximate surface area is 112 Å². The van der Waals surface area contributed by atoms with Gasteiger partial charge in [0.05, 0.1) is 11.8 Å². The van der Waals surface area contributed by atoms with Crippen LogP contribution in [-0.2, 0) is 4.79 Å². The second-order valence-corrected chi connectivity index (χ2v) is 4.36. The van der Waals surface area contributed by atoms with Crippen LogP contribution in [0.15, 0.2) is 36.7 Å². The lowest BCUT2D eigenvalue weighted by Crippen LogP contribution is -2.21. The molecule has 2 rings (SSSR count). The van der Waals surface area contributed by atoms with E-state index in [-0.39, 0.29) is 5.91 Å². The molecule has 0 bridgehead atoms. The van der Waals surface area contributed by atoms with Crippen LogP contribution in [0, 0.1) is 17.2 Å². The summed E-state index contributed by atoms with van der Waals surface area (Å²) < 4.78 is 0. The van der Waals surface area contributed by atoms with Gasteiger partial charge in [-0.25, -0.2) is 0 Å². The Balaban J connectivity index is 2.27. The van der Waals surface area contributed by atoms with Crippen molar-refractivity contribution in [3.8, 4) is 6.07 Å². The van der Waals surface area contributed by atoms with Gasteiger partial charge in [-0.2, -0.15) is 5.26 Å². The zero-order valence-corrected chi connectivity index (χ0v) is 10.8. The summed E-state index contributed by atoms with van der Waals surface area (Å²) in [6, 6.07) is 9.59. The molecule has 0 aliphatic rings. The van der Waals surface area contributed by atoms with E-state index in [1.807, 2.05) is 37.3 Å². The van der Waals surface area contributed by atoms with E-state index in [0.29, 0.717) is 12.1 Å². The Bertz CT molecular complexity index is 625. The molecule has 0 saturated heterocycles. The summed E-state index contributed by atoms with van der Waals surface area (Å²) in [4.78, 5) is 16.1. The second kappa shape index (κ2) is 5.96. The molecule has 0 saturated carbocycles. The van der Waals surface area contributed by atoms with E-state index >= 15 is 0 Å². The highest BCUT2D eigenvalue weighted by Gasteiger charge is 2.17. The number of nitrogens with one attached hydrogen (secondary N) is 1. The number of pyridine rings is 1. The first-order chi connectivity index (χ1) is 9.26. The van der Waals surface area contributed by atoms with Gasteiger partial charge in [-0.3, -0.25) is 9.78 Å².